The zero-order valence-electron chi connectivity index (χ0n) is 11.1. The van der Waals surface area contributed by atoms with Gasteiger partial charge in [0.2, 0.25) is 0 Å². The lowest BCUT2D eigenvalue weighted by atomic mass is 10.0. The molecule has 3 rings (SSSR count). The summed E-state index contributed by atoms with van der Waals surface area (Å²) in [4.78, 5) is 23.5. The predicted molar refractivity (Wildman–Crippen MR) is 76.2 cm³/mol. The maximum atomic E-state index is 12.1. The average molecular weight is 280 g/mol. The van der Waals surface area contributed by atoms with Gasteiger partial charge in [0.15, 0.2) is 11.9 Å². The molecule has 0 amide bonds. The van der Waals surface area contributed by atoms with Gasteiger partial charge in [0.25, 0.3) is 0 Å². The van der Waals surface area contributed by atoms with Crippen molar-refractivity contribution in [2.45, 2.75) is 6.10 Å². The first-order valence-corrected chi connectivity index (χ1v) is 6.48. The molecule has 0 spiro atoms. The van der Waals surface area contributed by atoms with Crippen molar-refractivity contribution in [2.24, 2.45) is 0 Å². The minimum absolute atomic E-state index is 0.155. The number of ether oxygens (including phenoxy) is 2. The molecule has 0 aliphatic carbocycles. The van der Waals surface area contributed by atoms with Gasteiger partial charge in [-0.15, -0.1) is 0 Å². The Kier molecular flexibility index (Phi) is 3.51. The van der Waals surface area contributed by atoms with E-state index in [1.165, 1.54) is 30.6 Å². The van der Waals surface area contributed by atoms with Crippen LogP contribution < -0.4 is 0 Å². The second kappa shape index (κ2) is 5.63. The number of carbonyl (C=O) groups is 2. The van der Waals surface area contributed by atoms with Gasteiger partial charge in [0, 0.05) is 5.56 Å². The Bertz CT molecular complexity index is 707. The Morgan fingerprint density at radius 2 is 1.76 bits per heavy atom. The van der Waals surface area contributed by atoms with Crippen LogP contribution in [0.25, 0.3) is 0 Å². The largest absolute Gasteiger partial charge is 0.478 e. The molecule has 0 saturated carbocycles. The SMILES string of the molecule is O=C1C=CC=COC(=O)c2ccccc2C2OC2=CC=C1. The van der Waals surface area contributed by atoms with Crippen LogP contribution in [0.2, 0.25) is 0 Å². The second-order valence-electron chi connectivity index (χ2n) is 4.51. The van der Waals surface area contributed by atoms with Crippen molar-refractivity contribution in [2.75, 3.05) is 0 Å². The van der Waals surface area contributed by atoms with E-state index < -0.39 is 5.97 Å². The Hall–Kier alpha value is -2.88. The van der Waals surface area contributed by atoms with E-state index >= 15 is 0 Å². The van der Waals surface area contributed by atoms with E-state index in [1.54, 1.807) is 24.3 Å². The van der Waals surface area contributed by atoms with Crippen LogP contribution in [0.15, 0.2) is 72.7 Å². The monoisotopic (exact) mass is 280 g/mol. The van der Waals surface area contributed by atoms with E-state index in [9.17, 15) is 9.59 Å². The van der Waals surface area contributed by atoms with E-state index in [1.807, 2.05) is 12.1 Å². The Labute approximate surface area is 121 Å². The molecule has 0 aromatic heterocycles. The molecule has 104 valence electrons. The van der Waals surface area contributed by atoms with Crippen LogP contribution >= 0.6 is 0 Å². The van der Waals surface area contributed by atoms with Gasteiger partial charge in [0.1, 0.15) is 5.76 Å². The van der Waals surface area contributed by atoms with Crippen LogP contribution in [0, 0.1) is 0 Å². The van der Waals surface area contributed by atoms with Crippen LogP contribution in [-0.4, -0.2) is 11.8 Å². The molecule has 0 bridgehead atoms. The molecule has 1 unspecified atom stereocenters. The van der Waals surface area contributed by atoms with E-state index in [0.29, 0.717) is 5.56 Å². The summed E-state index contributed by atoms with van der Waals surface area (Å²) >= 11 is 0. The maximum absolute atomic E-state index is 12.1. The minimum Gasteiger partial charge on any atom is -0.478 e. The van der Waals surface area contributed by atoms with Crippen molar-refractivity contribution in [1.29, 1.82) is 0 Å². The molecule has 0 N–H and O–H groups in total. The summed E-state index contributed by atoms with van der Waals surface area (Å²) in [5.41, 5.74) is 1.23. The summed E-state index contributed by atoms with van der Waals surface area (Å²) in [6.07, 6.45) is 10.2. The molecule has 1 saturated heterocycles. The molecule has 21 heavy (non-hydrogen) atoms. The fourth-order valence-electron chi connectivity index (χ4n) is 2.01. The normalized spacial score (nSPS) is 20.6. The van der Waals surface area contributed by atoms with Crippen LogP contribution in [0.5, 0.6) is 0 Å². The Balaban J connectivity index is 1.97. The predicted octanol–water partition coefficient (Wildman–Crippen LogP) is 3.01. The van der Waals surface area contributed by atoms with Gasteiger partial charge in [-0.2, -0.15) is 0 Å². The van der Waals surface area contributed by atoms with Crippen LogP contribution in [0.1, 0.15) is 22.0 Å². The summed E-state index contributed by atoms with van der Waals surface area (Å²) in [7, 11) is 0. The van der Waals surface area contributed by atoms with Crippen LogP contribution in [0.4, 0.5) is 0 Å². The molecule has 2 aliphatic rings. The maximum Gasteiger partial charge on any atom is 0.343 e. The number of carbonyl (C=O) groups excluding carboxylic acids is 2. The molecule has 1 atom stereocenters. The number of hydrogen-bond acceptors (Lipinski definition) is 4. The standard InChI is InChI=1S/C17H12O4/c18-12-6-3-4-11-20-17(19)14-9-2-1-8-13(14)16-15(21-16)10-5-7-12/h1-11,16H. The lowest BCUT2D eigenvalue weighted by Gasteiger charge is -2.03. The third-order valence-corrected chi connectivity index (χ3v) is 3.06. The van der Waals surface area contributed by atoms with E-state index in [4.69, 9.17) is 9.47 Å². The Morgan fingerprint density at radius 1 is 0.952 bits per heavy atom. The first kappa shape index (κ1) is 13.1. The van der Waals surface area contributed by atoms with Crippen molar-refractivity contribution in [3.63, 3.8) is 0 Å². The van der Waals surface area contributed by atoms with Crippen LogP contribution in [-0.2, 0) is 14.3 Å². The Morgan fingerprint density at radius 3 is 2.67 bits per heavy atom. The average Bonchev–Trinajstić information content (AvgIpc) is 3.25. The number of epoxide rings is 1. The van der Waals surface area contributed by atoms with E-state index in [2.05, 4.69) is 0 Å². The smallest absolute Gasteiger partial charge is 0.343 e. The first-order chi connectivity index (χ1) is 10.3. The van der Waals surface area contributed by atoms with Gasteiger partial charge in [-0.25, -0.2) is 4.79 Å². The highest BCUT2D eigenvalue weighted by atomic mass is 16.6. The molecule has 4 nitrogen and oxygen atoms in total. The van der Waals surface area contributed by atoms with Crippen molar-refractivity contribution in [3.8, 4) is 0 Å². The molecule has 1 aromatic carbocycles. The highest BCUT2D eigenvalue weighted by Gasteiger charge is 2.36. The molecule has 2 heterocycles. The number of fused-ring (bicyclic) bond motifs is 3. The van der Waals surface area contributed by atoms with Gasteiger partial charge < -0.3 is 9.47 Å². The number of ketones is 1. The van der Waals surface area contributed by atoms with Crippen molar-refractivity contribution >= 4 is 11.8 Å². The summed E-state index contributed by atoms with van der Waals surface area (Å²) < 4.78 is 10.5. The molecule has 1 aromatic rings. The van der Waals surface area contributed by atoms with Gasteiger partial charge in [-0.05, 0) is 30.4 Å². The van der Waals surface area contributed by atoms with Gasteiger partial charge in [0.05, 0.1) is 11.8 Å². The number of rotatable bonds is 0. The fraction of sp³-hybridized carbons (Fsp3) is 0.0588. The summed E-state index contributed by atoms with van der Waals surface area (Å²) in [5, 5.41) is 0. The lowest BCUT2D eigenvalue weighted by Crippen LogP contribution is -2.04. The fourth-order valence-corrected chi connectivity index (χ4v) is 2.01. The zero-order valence-corrected chi connectivity index (χ0v) is 11.1. The number of allylic oxidation sites excluding steroid dienone is 6. The molecule has 2 aliphatic heterocycles. The topological polar surface area (TPSA) is 55.9 Å². The van der Waals surface area contributed by atoms with Crippen molar-refractivity contribution < 1.29 is 19.1 Å². The number of cyclic esters (lactones) is 1. The molecule has 4 heteroatoms. The highest BCUT2D eigenvalue weighted by molar-refractivity contribution is 5.99. The molecular weight excluding hydrogens is 268 g/mol. The van der Waals surface area contributed by atoms with E-state index in [-0.39, 0.29) is 11.9 Å². The summed E-state index contributed by atoms with van der Waals surface area (Å²) in [5.74, 6) is 0.109. The lowest BCUT2D eigenvalue weighted by molar-refractivity contribution is -0.110. The van der Waals surface area contributed by atoms with Gasteiger partial charge in [-0.3, -0.25) is 4.79 Å². The van der Waals surface area contributed by atoms with Gasteiger partial charge >= 0.3 is 5.97 Å². The van der Waals surface area contributed by atoms with Crippen LogP contribution in [0.3, 0.4) is 0 Å². The van der Waals surface area contributed by atoms with E-state index in [0.717, 1.165) is 11.3 Å². The van der Waals surface area contributed by atoms with Gasteiger partial charge in [-0.1, -0.05) is 30.4 Å². The number of hydrogen-bond donors (Lipinski definition) is 0. The summed E-state index contributed by atoms with van der Waals surface area (Å²) in [6.45, 7) is 0. The number of benzene rings is 1. The van der Waals surface area contributed by atoms with Crippen molar-refractivity contribution in [3.05, 3.63) is 83.9 Å². The molecular formula is C17H12O4. The third kappa shape index (κ3) is 3.00. The second-order valence-corrected chi connectivity index (χ2v) is 4.51. The minimum atomic E-state index is -0.455. The van der Waals surface area contributed by atoms with Crippen molar-refractivity contribution in [1.82, 2.24) is 0 Å². The highest BCUT2D eigenvalue weighted by Crippen LogP contribution is 2.44. The molecule has 1 fully saturated rings. The first-order valence-electron chi connectivity index (χ1n) is 6.48. The molecule has 0 radical (unpaired) electrons. The zero-order chi connectivity index (χ0) is 14.7. The number of esters is 1. The third-order valence-electron chi connectivity index (χ3n) is 3.06. The summed E-state index contributed by atoms with van der Waals surface area (Å²) in [6, 6.07) is 7.14. The quantitative estimate of drug-likeness (QED) is 0.541.